The first-order chi connectivity index (χ1) is 14.1. The van der Waals surface area contributed by atoms with Gasteiger partial charge < -0.3 is 10.2 Å². The van der Waals surface area contributed by atoms with E-state index >= 15 is 0 Å². The summed E-state index contributed by atoms with van der Waals surface area (Å²) >= 11 is 0. The molecular formula is C22H20N4O3. The third kappa shape index (κ3) is 4.24. The summed E-state index contributed by atoms with van der Waals surface area (Å²) in [5.74, 6) is -0.288. The molecule has 0 bridgehead atoms. The van der Waals surface area contributed by atoms with Crippen LogP contribution in [0.5, 0.6) is 0 Å². The molecule has 1 aromatic heterocycles. The first-order valence-electron chi connectivity index (χ1n) is 9.44. The maximum Gasteiger partial charge on any atom is 0.276 e. The van der Waals surface area contributed by atoms with E-state index in [-0.39, 0.29) is 17.2 Å². The van der Waals surface area contributed by atoms with Crippen molar-refractivity contribution >= 4 is 23.2 Å². The van der Waals surface area contributed by atoms with Crippen LogP contribution < -0.4 is 15.8 Å². The lowest BCUT2D eigenvalue weighted by atomic mass is 10.2. The summed E-state index contributed by atoms with van der Waals surface area (Å²) in [4.78, 5) is 38.2. The summed E-state index contributed by atoms with van der Waals surface area (Å²) in [6.45, 7) is 1.01. The highest BCUT2D eigenvalue weighted by molar-refractivity contribution is 6.03. The molecule has 1 aliphatic rings. The number of hydrogen-bond donors (Lipinski definition) is 1. The number of hydrogen-bond acceptors (Lipinski definition) is 4. The molecule has 0 aliphatic carbocycles. The molecule has 1 N–H and O–H groups in total. The standard InChI is InChI=1S/C22H20N4O3/c27-20-7-4-14-25(20)18-10-8-17(9-11-18)23-22(29)19-12-13-21(28)26(24-19)15-16-5-2-1-3-6-16/h1-3,5-6,8-13H,4,7,14-15H2,(H,23,29). The number of carbonyl (C=O) groups excluding carboxylic acids is 2. The lowest BCUT2D eigenvalue weighted by Gasteiger charge is -2.16. The van der Waals surface area contributed by atoms with E-state index in [0.717, 1.165) is 24.2 Å². The van der Waals surface area contributed by atoms with Gasteiger partial charge in [-0.05, 0) is 42.3 Å². The van der Waals surface area contributed by atoms with E-state index in [4.69, 9.17) is 0 Å². The predicted molar refractivity (Wildman–Crippen MR) is 110 cm³/mol. The van der Waals surface area contributed by atoms with Crippen LogP contribution in [-0.4, -0.2) is 28.1 Å². The maximum absolute atomic E-state index is 12.6. The van der Waals surface area contributed by atoms with Gasteiger partial charge in [-0.25, -0.2) is 4.68 Å². The van der Waals surface area contributed by atoms with Gasteiger partial charge in [0.05, 0.1) is 6.54 Å². The molecule has 3 aromatic rings. The van der Waals surface area contributed by atoms with Crippen molar-refractivity contribution in [2.24, 2.45) is 0 Å². The minimum Gasteiger partial charge on any atom is -0.321 e. The lowest BCUT2D eigenvalue weighted by molar-refractivity contribution is -0.117. The van der Waals surface area contributed by atoms with Gasteiger partial charge >= 0.3 is 0 Å². The molecule has 0 atom stereocenters. The van der Waals surface area contributed by atoms with Gasteiger partial charge in [0, 0.05) is 30.4 Å². The zero-order chi connectivity index (χ0) is 20.2. The third-order valence-electron chi connectivity index (χ3n) is 4.78. The van der Waals surface area contributed by atoms with Crippen LogP contribution >= 0.6 is 0 Å². The molecular weight excluding hydrogens is 368 g/mol. The Kier molecular flexibility index (Phi) is 5.20. The highest BCUT2D eigenvalue weighted by atomic mass is 16.2. The zero-order valence-electron chi connectivity index (χ0n) is 15.7. The van der Waals surface area contributed by atoms with Gasteiger partial charge in [-0.3, -0.25) is 14.4 Å². The molecule has 2 amide bonds. The molecule has 0 spiro atoms. The normalized spacial score (nSPS) is 13.5. The van der Waals surface area contributed by atoms with Crippen LogP contribution in [0.4, 0.5) is 11.4 Å². The molecule has 7 nitrogen and oxygen atoms in total. The average molecular weight is 388 g/mol. The summed E-state index contributed by atoms with van der Waals surface area (Å²) in [7, 11) is 0. The van der Waals surface area contributed by atoms with E-state index in [0.29, 0.717) is 18.7 Å². The molecule has 4 rings (SSSR count). The van der Waals surface area contributed by atoms with Crippen LogP contribution in [0, 0.1) is 0 Å². The van der Waals surface area contributed by atoms with Gasteiger partial charge in [-0.2, -0.15) is 5.10 Å². The molecule has 1 aliphatic heterocycles. The van der Waals surface area contributed by atoms with E-state index in [1.807, 2.05) is 42.5 Å². The number of nitrogens with zero attached hydrogens (tertiary/aromatic N) is 3. The van der Waals surface area contributed by atoms with Crippen molar-refractivity contribution < 1.29 is 9.59 Å². The van der Waals surface area contributed by atoms with Gasteiger partial charge in [0.2, 0.25) is 5.91 Å². The second-order valence-electron chi connectivity index (χ2n) is 6.85. The summed E-state index contributed by atoms with van der Waals surface area (Å²) in [6.07, 6.45) is 1.44. The Balaban J connectivity index is 1.47. The second kappa shape index (κ2) is 8.10. The Hall–Kier alpha value is -3.74. The minimum atomic E-state index is -0.406. The van der Waals surface area contributed by atoms with Gasteiger partial charge in [0.15, 0.2) is 0 Å². The van der Waals surface area contributed by atoms with Crippen molar-refractivity contribution in [1.82, 2.24) is 9.78 Å². The number of nitrogens with one attached hydrogen (secondary N) is 1. The van der Waals surface area contributed by atoms with E-state index in [2.05, 4.69) is 10.4 Å². The maximum atomic E-state index is 12.6. The molecule has 1 fully saturated rings. The number of aromatic nitrogens is 2. The van der Waals surface area contributed by atoms with Crippen LogP contribution in [-0.2, 0) is 11.3 Å². The smallest absolute Gasteiger partial charge is 0.276 e. The number of carbonyl (C=O) groups is 2. The molecule has 0 saturated carbocycles. The van der Waals surface area contributed by atoms with Gasteiger partial charge in [-0.1, -0.05) is 30.3 Å². The topological polar surface area (TPSA) is 84.3 Å². The number of amides is 2. The molecule has 2 aromatic carbocycles. The molecule has 2 heterocycles. The van der Waals surface area contributed by atoms with Gasteiger partial charge in [-0.15, -0.1) is 0 Å². The first-order valence-corrected chi connectivity index (χ1v) is 9.44. The van der Waals surface area contributed by atoms with Gasteiger partial charge in [0.25, 0.3) is 11.5 Å². The number of rotatable bonds is 5. The van der Waals surface area contributed by atoms with Crippen molar-refractivity contribution in [3.63, 3.8) is 0 Å². The summed E-state index contributed by atoms with van der Waals surface area (Å²) in [5.41, 5.74) is 2.21. The van der Waals surface area contributed by atoms with Crippen LogP contribution in [0.1, 0.15) is 28.9 Å². The second-order valence-corrected chi connectivity index (χ2v) is 6.85. The highest BCUT2D eigenvalue weighted by Crippen LogP contribution is 2.23. The van der Waals surface area contributed by atoms with Crippen LogP contribution in [0.3, 0.4) is 0 Å². The van der Waals surface area contributed by atoms with Crippen molar-refractivity contribution in [2.45, 2.75) is 19.4 Å². The Morgan fingerprint density at radius 1 is 0.966 bits per heavy atom. The third-order valence-corrected chi connectivity index (χ3v) is 4.78. The highest BCUT2D eigenvalue weighted by Gasteiger charge is 2.21. The van der Waals surface area contributed by atoms with Crippen molar-refractivity contribution in [2.75, 3.05) is 16.8 Å². The fourth-order valence-electron chi connectivity index (χ4n) is 3.28. The van der Waals surface area contributed by atoms with Crippen molar-refractivity contribution in [3.8, 4) is 0 Å². The Morgan fingerprint density at radius 2 is 1.72 bits per heavy atom. The lowest BCUT2D eigenvalue weighted by Crippen LogP contribution is -2.26. The van der Waals surface area contributed by atoms with Crippen molar-refractivity contribution in [1.29, 1.82) is 0 Å². The van der Waals surface area contributed by atoms with Crippen LogP contribution in [0.2, 0.25) is 0 Å². The fourth-order valence-corrected chi connectivity index (χ4v) is 3.28. The minimum absolute atomic E-state index is 0.117. The Morgan fingerprint density at radius 3 is 2.41 bits per heavy atom. The van der Waals surface area contributed by atoms with E-state index in [1.54, 1.807) is 17.0 Å². The van der Waals surface area contributed by atoms with Crippen LogP contribution in [0.25, 0.3) is 0 Å². The fraction of sp³-hybridized carbons (Fsp3) is 0.182. The van der Waals surface area contributed by atoms with Gasteiger partial charge in [0.1, 0.15) is 5.69 Å². The van der Waals surface area contributed by atoms with E-state index in [9.17, 15) is 14.4 Å². The number of anilines is 2. The quantitative estimate of drug-likeness (QED) is 0.728. The monoisotopic (exact) mass is 388 g/mol. The summed E-state index contributed by atoms with van der Waals surface area (Å²) in [6, 6.07) is 19.3. The Bertz CT molecular complexity index is 1090. The van der Waals surface area contributed by atoms with Crippen molar-refractivity contribution in [3.05, 3.63) is 88.3 Å². The SMILES string of the molecule is O=C(Nc1ccc(N2CCCC2=O)cc1)c1ccc(=O)n(Cc2ccccc2)n1. The molecule has 29 heavy (non-hydrogen) atoms. The largest absolute Gasteiger partial charge is 0.321 e. The van der Waals surface area contributed by atoms with E-state index < -0.39 is 5.91 Å². The molecule has 7 heteroatoms. The van der Waals surface area contributed by atoms with E-state index in [1.165, 1.54) is 16.8 Å². The zero-order valence-corrected chi connectivity index (χ0v) is 15.7. The Labute approximate surface area is 167 Å². The first kappa shape index (κ1) is 18.6. The summed E-state index contributed by atoms with van der Waals surface area (Å²) < 4.78 is 1.27. The molecule has 0 radical (unpaired) electrons. The van der Waals surface area contributed by atoms with Crippen LogP contribution in [0.15, 0.2) is 71.5 Å². The number of benzene rings is 2. The molecule has 0 unspecified atom stereocenters. The predicted octanol–water partition coefficient (Wildman–Crippen LogP) is 2.67. The molecule has 1 saturated heterocycles. The molecule has 146 valence electrons. The average Bonchev–Trinajstić information content (AvgIpc) is 3.17. The summed E-state index contributed by atoms with van der Waals surface area (Å²) in [5, 5.41) is 6.97.